The molecule has 56 valence electrons. The first-order valence-electron chi connectivity index (χ1n) is 2.13. The molecule has 0 aromatic heterocycles. The van der Waals surface area contributed by atoms with Crippen LogP contribution in [0.2, 0.25) is 0 Å². The molecule has 0 rings (SSSR count). The Morgan fingerprint density at radius 1 is 0.750 bits per heavy atom. The molecule has 4 nitrogen and oxygen atoms in total. The van der Waals surface area contributed by atoms with Gasteiger partial charge in [-0.15, -0.1) is 0 Å². The van der Waals surface area contributed by atoms with Crippen molar-refractivity contribution < 1.29 is 27.9 Å². The van der Waals surface area contributed by atoms with Crippen LogP contribution in [-0.4, -0.2) is 0 Å². The Hall–Kier alpha value is -1.13. The molecule has 0 aromatic carbocycles. The molecule has 0 N–H and O–H groups in total. The quantitative estimate of drug-likeness (QED) is 0.474. The minimum absolute atomic E-state index is 0. The zero-order valence-electron chi connectivity index (χ0n) is 5.70. The van der Waals surface area contributed by atoms with Crippen LogP contribution in [0.3, 0.4) is 0 Å². The SMILES string of the molecule is N#C[P-](F)(F)(C#N)(C#N)C#N.[Zn+2]. The molecule has 0 saturated carbocycles. The van der Waals surface area contributed by atoms with E-state index in [1.54, 1.807) is 0 Å². The first kappa shape index (κ1) is 13.5. The van der Waals surface area contributed by atoms with Crippen LogP contribution in [0.15, 0.2) is 0 Å². The normalized spacial score (nSPS) is 14.2. The standard InChI is InChI=1S/C4F2N4P.Zn/c5-11(6,1-7,2-8,3-9)4-10;/q-1;+2. The summed E-state index contributed by atoms with van der Waals surface area (Å²) in [5.74, 6) is 0.949. The maximum Gasteiger partial charge on any atom is 2.00 e. The third kappa shape index (κ3) is 1.54. The summed E-state index contributed by atoms with van der Waals surface area (Å²) < 4.78 is 25.6. The Kier molecular flexibility index (Phi) is 2.73. The van der Waals surface area contributed by atoms with Crippen LogP contribution < -0.4 is 0 Å². The van der Waals surface area contributed by atoms with Crippen molar-refractivity contribution in [3.05, 3.63) is 0 Å². The minimum atomic E-state index is -7.59. The number of halogens is 2. The van der Waals surface area contributed by atoms with E-state index in [-0.39, 0.29) is 42.7 Å². The zero-order chi connectivity index (χ0) is 9.24. The summed E-state index contributed by atoms with van der Waals surface area (Å²) in [5, 5.41) is 31.6. The topological polar surface area (TPSA) is 95.2 Å². The van der Waals surface area contributed by atoms with Gasteiger partial charge in [-0.25, -0.2) is 0 Å². The fourth-order valence-corrected chi connectivity index (χ4v) is 0.402. The molecule has 0 bridgehead atoms. The average Bonchev–Trinajstić information content (AvgIpc) is 2.07. The monoisotopic (exact) mass is 237 g/mol. The van der Waals surface area contributed by atoms with E-state index in [2.05, 4.69) is 0 Å². The summed E-state index contributed by atoms with van der Waals surface area (Å²) in [6.45, 7) is -7.59. The number of hydrogen-bond acceptors (Lipinski definition) is 4. The largest absolute Gasteiger partial charge is 2.00 e. The van der Waals surface area contributed by atoms with Gasteiger partial charge in [0.1, 0.15) is 0 Å². The summed E-state index contributed by atoms with van der Waals surface area (Å²) in [7, 11) is 0. The van der Waals surface area contributed by atoms with Crippen LogP contribution in [-0.2, 0) is 19.5 Å². The molecule has 0 saturated heterocycles. The van der Waals surface area contributed by atoms with Crippen molar-refractivity contribution in [3.8, 4) is 23.2 Å². The van der Waals surface area contributed by atoms with E-state index in [1.807, 2.05) is 0 Å². The molecule has 0 aliphatic heterocycles. The Morgan fingerprint density at radius 2 is 0.917 bits per heavy atom. The van der Waals surface area contributed by atoms with Gasteiger partial charge in [-0.05, 0) is 0 Å². The molecule has 0 aliphatic carbocycles. The van der Waals surface area contributed by atoms with Crippen molar-refractivity contribution in [1.82, 2.24) is 0 Å². The van der Waals surface area contributed by atoms with Gasteiger partial charge < -0.3 is 0 Å². The van der Waals surface area contributed by atoms with Crippen molar-refractivity contribution in [2.75, 3.05) is 0 Å². The molecular formula is C4F2N4PZn+. The van der Waals surface area contributed by atoms with Gasteiger partial charge in [0, 0.05) is 0 Å². The van der Waals surface area contributed by atoms with E-state index in [1.165, 1.54) is 0 Å². The van der Waals surface area contributed by atoms with E-state index in [0.717, 1.165) is 0 Å². The molecule has 12 heavy (non-hydrogen) atoms. The molecule has 0 fully saturated rings. The van der Waals surface area contributed by atoms with Crippen molar-refractivity contribution in [3.63, 3.8) is 0 Å². The molecular weight excluding hydrogens is 238 g/mol. The smallest absolute Gasteiger partial charge is 2.00 e. The summed E-state index contributed by atoms with van der Waals surface area (Å²) >= 11 is 0. The second-order valence-electron chi connectivity index (χ2n) is 1.81. The van der Waals surface area contributed by atoms with E-state index < -0.39 is 6.57 Å². The number of hydrogen-bond donors (Lipinski definition) is 0. The Balaban J connectivity index is 0. The van der Waals surface area contributed by atoms with Crippen LogP contribution >= 0.6 is 6.57 Å². The van der Waals surface area contributed by atoms with Crippen molar-refractivity contribution in [2.24, 2.45) is 0 Å². The van der Waals surface area contributed by atoms with Crippen LogP contribution in [0.1, 0.15) is 0 Å². The number of nitriles is 4. The Bertz CT molecular complexity index is 312. The molecule has 0 atom stereocenters. The maximum absolute atomic E-state index is 12.8. The van der Waals surface area contributed by atoms with Gasteiger partial charge in [0.05, 0.1) is 0 Å². The molecule has 0 heterocycles. The van der Waals surface area contributed by atoms with E-state index in [4.69, 9.17) is 21.0 Å². The van der Waals surface area contributed by atoms with Crippen LogP contribution in [0, 0.1) is 44.3 Å². The zero-order valence-corrected chi connectivity index (χ0v) is 9.56. The van der Waals surface area contributed by atoms with E-state index in [9.17, 15) is 8.39 Å². The van der Waals surface area contributed by atoms with Crippen LogP contribution in [0.25, 0.3) is 0 Å². The molecule has 0 aliphatic rings. The molecule has 0 amide bonds. The second-order valence-corrected chi connectivity index (χ2v) is 5.43. The maximum atomic E-state index is 12.8. The molecule has 8 heteroatoms. The molecule has 0 unspecified atom stereocenters. The summed E-state index contributed by atoms with van der Waals surface area (Å²) in [6.07, 6.45) is 0. The summed E-state index contributed by atoms with van der Waals surface area (Å²) in [5.41, 5.74) is 0. The predicted octanol–water partition coefficient (Wildman–Crippen LogP) is 1.77. The molecule has 0 radical (unpaired) electrons. The van der Waals surface area contributed by atoms with Crippen LogP contribution in [0.5, 0.6) is 0 Å². The number of rotatable bonds is 0. The van der Waals surface area contributed by atoms with Gasteiger partial charge in [-0.2, -0.15) is 0 Å². The van der Waals surface area contributed by atoms with Crippen LogP contribution in [0.4, 0.5) is 8.39 Å². The van der Waals surface area contributed by atoms with E-state index >= 15 is 0 Å². The minimum Gasteiger partial charge on any atom is 2.00 e. The van der Waals surface area contributed by atoms with Crippen molar-refractivity contribution in [1.29, 1.82) is 21.0 Å². The third-order valence-electron chi connectivity index (χ3n) is 0.902. The van der Waals surface area contributed by atoms with Gasteiger partial charge >= 0.3 is 78.7 Å². The van der Waals surface area contributed by atoms with Gasteiger partial charge in [0.15, 0.2) is 0 Å². The fourth-order valence-electron chi connectivity index (χ4n) is 0.134. The summed E-state index contributed by atoms with van der Waals surface area (Å²) in [4.78, 5) is 0. The number of nitrogens with zero attached hydrogens (tertiary/aromatic N) is 4. The summed E-state index contributed by atoms with van der Waals surface area (Å²) in [6, 6.07) is 0. The van der Waals surface area contributed by atoms with E-state index in [0.29, 0.717) is 0 Å². The predicted molar refractivity (Wildman–Crippen MR) is 31.6 cm³/mol. The molecule has 0 spiro atoms. The van der Waals surface area contributed by atoms with Gasteiger partial charge in [-0.3, -0.25) is 0 Å². The van der Waals surface area contributed by atoms with Crippen molar-refractivity contribution >= 4 is 6.57 Å². The average molecular weight is 238 g/mol. The first-order chi connectivity index (χ1) is 4.80. The molecule has 0 aromatic rings. The first-order valence-corrected chi connectivity index (χ1v) is 4.59. The van der Waals surface area contributed by atoms with Gasteiger partial charge in [-0.1, -0.05) is 0 Å². The fraction of sp³-hybridized carbons (Fsp3) is 0. The second kappa shape index (κ2) is 2.43. The van der Waals surface area contributed by atoms with Gasteiger partial charge in [0.25, 0.3) is 0 Å². The van der Waals surface area contributed by atoms with Gasteiger partial charge in [0.2, 0.25) is 0 Å². The Morgan fingerprint density at radius 3 is 0.917 bits per heavy atom. The van der Waals surface area contributed by atoms with Crippen molar-refractivity contribution in [2.45, 2.75) is 0 Å². The Labute approximate surface area is 79.1 Å². The third-order valence-corrected chi connectivity index (χ3v) is 2.71.